The summed E-state index contributed by atoms with van der Waals surface area (Å²) in [4.78, 5) is 0. The number of hydrogen-bond donors (Lipinski definition) is 2. The lowest BCUT2D eigenvalue weighted by Crippen LogP contribution is -2.27. The number of anilines is 1. The van der Waals surface area contributed by atoms with Crippen LogP contribution >= 0.6 is 0 Å². The van der Waals surface area contributed by atoms with Gasteiger partial charge in [0, 0.05) is 22.9 Å². The summed E-state index contributed by atoms with van der Waals surface area (Å²) < 4.78 is 5.89. The fraction of sp³-hybridized carbons (Fsp3) is 0.263. The number of benzene rings is 2. The molecule has 1 heterocycles. The number of nitrogens with one attached hydrogen (secondary N) is 1. The number of phenolic OH excluding ortho intramolecular Hbond substituents is 1. The van der Waals surface area contributed by atoms with Gasteiger partial charge in [-0.2, -0.15) is 0 Å². The molecule has 0 aromatic heterocycles. The fourth-order valence-electron chi connectivity index (χ4n) is 2.64. The summed E-state index contributed by atoms with van der Waals surface area (Å²) in [5.74, 6) is 0.974. The van der Waals surface area contributed by atoms with Gasteiger partial charge in [-0.1, -0.05) is 24.3 Å². The Hall–Kier alpha value is -2.42. The smallest absolute Gasteiger partial charge is 0.131 e. The van der Waals surface area contributed by atoms with Gasteiger partial charge < -0.3 is 15.2 Å². The highest BCUT2D eigenvalue weighted by atomic mass is 16.5. The summed E-state index contributed by atoms with van der Waals surface area (Å²) >= 11 is 0. The number of phenols is 1. The van der Waals surface area contributed by atoms with Crippen molar-refractivity contribution in [3.8, 4) is 11.5 Å². The Balaban J connectivity index is 1.89. The van der Waals surface area contributed by atoms with Crippen LogP contribution < -0.4 is 10.1 Å². The van der Waals surface area contributed by atoms with Crippen molar-refractivity contribution < 1.29 is 9.84 Å². The third kappa shape index (κ3) is 2.93. The molecule has 22 heavy (non-hydrogen) atoms. The minimum atomic E-state index is -0.338. The molecule has 3 nitrogen and oxygen atoms in total. The zero-order valence-corrected chi connectivity index (χ0v) is 13.1. The highest BCUT2D eigenvalue weighted by molar-refractivity contribution is 5.65. The predicted molar refractivity (Wildman–Crippen MR) is 90.3 cm³/mol. The number of rotatable bonds is 3. The molecule has 114 valence electrons. The number of fused-ring (bicyclic) bond motifs is 1. The number of aromatic hydroxyl groups is 1. The maximum atomic E-state index is 10.3. The summed E-state index contributed by atoms with van der Waals surface area (Å²) in [5.41, 5.74) is 2.54. The molecule has 2 aromatic rings. The monoisotopic (exact) mass is 295 g/mol. The molecular formula is C19H21NO2. The molecule has 0 saturated heterocycles. The third-order valence-corrected chi connectivity index (χ3v) is 3.82. The molecule has 1 aliphatic heterocycles. The second-order valence-electron chi connectivity index (χ2n) is 6.22. The van der Waals surface area contributed by atoms with Gasteiger partial charge in [0.1, 0.15) is 17.1 Å². The maximum absolute atomic E-state index is 10.3. The van der Waals surface area contributed by atoms with Gasteiger partial charge in [-0.15, -0.1) is 0 Å². The summed E-state index contributed by atoms with van der Waals surface area (Å²) in [6, 6.07) is 13.7. The van der Waals surface area contributed by atoms with Crippen molar-refractivity contribution in [2.45, 2.75) is 32.4 Å². The lowest BCUT2D eigenvalue weighted by Gasteiger charge is -2.29. The van der Waals surface area contributed by atoms with E-state index in [4.69, 9.17) is 4.74 Å². The third-order valence-electron chi connectivity index (χ3n) is 3.82. The number of ether oxygens (including phenoxy) is 1. The number of hydrogen-bond acceptors (Lipinski definition) is 3. The SMILES string of the molecule is CC(Nc1ccccc1)c1cc2c(cc1O)OC(C)(C)C=C2. The van der Waals surface area contributed by atoms with E-state index in [9.17, 15) is 5.11 Å². The molecule has 0 radical (unpaired) electrons. The van der Waals surface area contributed by atoms with E-state index < -0.39 is 0 Å². The largest absolute Gasteiger partial charge is 0.507 e. The average Bonchev–Trinajstić information content (AvgIpc) is 2.46. The predicted octanol–water partition coefficient (Wildman–Crippen LogP) is 4.75. The summed E-state index contributed by atoms with van der Waals surface area (Å²) in [6.07, 6.45) is 4.09. The van der Waals surface area contributed by atoms with Crippen molar-refractivity contribution >= 4 is 11.8 Å². The zero-order valence-electron chi connectivity index (χ0n) is 13.1. The van der Waals surface area contributed by atoms with Crippen LogP contribution in [0.5, 0.6) is 11.5 Å². The van der Waals surface area contributed by atoms with E-state index in [1.165, 1.54) is 0 Å². The summed E-state index contributed by atoms with van der Waals surface area (Å²) in [7, 11) is 0. The van der Waals surface area contributed by atoms with Crippen molar-refractivity contribution in [1.29, 1.82) is 0 Å². The van der Waals surface area contributed by atoms with E-state index in [0.29, 0.717) is 0 Å². The standard InChI is InChI=1S/C19H21NO2/c1-13(20-15-7-5-4-6-8-15)16-11-14-9-10-19(2,3)22-18(14)12-17(16)21/h4-13,20-21H,1-3H3. The quantitative estimate of drug-likeness (QED) is 0.858. The van der Waals surface area contributed by atoms with E-state index in [-0.39, 0.29) is 17.4 Å². The Bertz CT molecular complexity index is 705. The van der Waals surface area contributed by atoms with Crippen molar-refractivity contribution in [2.75, 3.05) is 5.32 Å². The molecule has 2 N–H and O–H groups in total. The van der Waals surface area contributed by atoms with E-state index in [0.717, 1.165) is 22.6 Å². The van der Waals surface area contributed by atoms with Crippen molar-refractivity contribution in [3.05, 3.63) is 59.7 Å². The van der Waals surface area contributed by atoms with Crippen LogP contribution in [0.15, 0.2) is 48.5 Å². The molecule has 0 spiro atoms. The van der Waals surface area contributed by atoms with E-state index in [1.54, 1.807) is 6.07 Å². The first-order valence-corrected chi connectivity index (χ1v) is 7.51. The normalized spacial score (nSPS) is 16.5. The van der Waals surface area contributed by atoms with Crippen molar-refractivity contribution in [2.24, 2.45) is 0 Å². The Morgan fingerprint density at radius 1 is 1.14 bits per heavy atom. The van der Waals surface area contributed by atoms with Crippen molar-refractivity contribution in [3.63, 3.8) is 0 Å². The minimum Gasteiger partial charge on any atom is -0.507 e. The first kappa shape index (κ1) is 14.5. The topological polar surface area (TPSA) is 41.5 Å². The van der Waals surface area contributed by atoms with E-state index in [1.807, 2.05) is 63.2 Å². The Kier molecular flexibility index (Phi) is 3.57. The van der Waals surface area contributed by atoms with Crippen LogP contribution in [0.1, 0.15) is 37.9 Å². The zero-order chi connectivity index (χ0) is 15.7. The molecular weight excluding hydrogens is 274 g/mol. The molecule has 0 fully saturated rings. The minimum absolute atomic E-state index is 0.00367. The van der Waals surface area contributed by atoms with Crippen LogP contribution in [0, 0.1) is 0 Å². The molecule has 0 saturated carbocycles. The summed E-state index contributed by atoms with van der Waals surface area (Å²) in [5, 5.41) is 13.7. The van der Waals surface area contributed by atoms with Crippen LogP contribution in [0.4, 0.5) is 5.69 Å². The molecule has 1 unspecified atom stereocenters. The first-order valence-electron chi connectivity index (χ1n) is 7.51. The molecule has 0 aliphatic carbocycles. The Morgan fingerprint density at radius 3 is 2.59 bits per heavy atom. The van der Waals surface area contributed by atoms with Gasteiger partial charge in [0.25, 0.3) is 0 Å². The molecule has 3 rings (SSSR count). The van der Waals surface area contributed by atoms with Gasteiger partial charge in [0.05, 0.1) is 6.04 Å². The van der Waals surface area contributed by atoms with E-state index in [2.05, 4.69) is 11.4 Å². The second kappa shape index (κ2) is 5.41. The van der Waals surface area contributed by atoms with Gasteiger partial charge >= 0.3 is 0 Å². The molecule has 0 bridgehead atoms. The highest BCUT2D eigenvalue weighted by Crippen LogP contribution is 2.38. The van der Waals surface area contributed by atoms with Gasteiger partial charge in [-0.05, 0) is 45.0 Å². The van der Waals surface area contributed by atoms with Crippen LogP contribution in [-0.4, -0.2) is 10.7 Å². The lowest BCUT2D eigenvalue weighted by atomic mass is 9.98. The highest BCUT2D eigenvalue weighted by Gasteiger charge is 2.23. The second-order valence-corrected chi connectivity index (χ2v) is 6.22. The van der Waals surface area contributed by atoms with Crippen LogP contribution in [0.25, 0.3) is 6.08 Å². The number of para-hydroxylation sites is 1. The molecule has 1 aliphatic rings. The first-order chi connectivity index (χ1) is 10.4. The van der Waals surface area contributed by atoms with Crippen LogP contribution in [0.3, 0.4) is 0 Å². The van der Waals surface area contributed by atoms with Gasteiger partial charge in [0.2, 0.25) is 0 Å². The van der Waals surface area contributed by atoms with Crippen molar-refractivity contribution in [1.82, 2.24) is 0 Å². The van der Waals surface area contributed by atoms with Crippen LogP contribution in [-0.2, 0) is 0 Å². The van der Waals surface area contributed by atoms with Gasteiger partial charge in [-0.25, -0.2) is 0 Å². The maximum Gasteiger partial charge on any atom is 0.131 e. The Morgan fingerprint density at radius 2 is 1.86 bits per heavy atom. The van der Waals surface area contributed by atoms with Gasteiger partial charge in [0.15, 0.2) is 0 Å². The van der Waals surface area contributed by atoms with Gasteiger partial charge in [-0.3, -0.25) is 0 Å². The lowest BCUT2D eigenvalue weighted by molar-refractivity contribution is 0.158. The molecule has 0 amide bonds. The summed E-state index contributed by atoms with van der Waals surface area (Å²) in [6.45, 7) is 6.03. The Labute approximate surface area is 131 Å². The molecule has 1 atom stereocenters. The van der Waals surface area contributed by atoms with Crippen LogP contribution in [0.2, 0.25) is 0 Å². The molecule has 3 heteroatoms. The molecule has 2 aromatic carbocycles. The fourth-order valence-corrected chi connectivity index (χ4v) is 2.64. The average molecular weight is 295 g/mol. The van der Waals surface area contributed by atoms with E-state index >= 15 is 0 Å².